The molecular formula is C13H27N3O. The lowest BCUT2D eigenvalue weighted by atomic mass is 9.99. The number of nitrogens with one attached hydrogen (secondary N) is 1. The third-order valence-electron chi connectivity index (χ3n) is 3.31. The molecule has 4 nitrogen and oxygen atoms in total. The fourth-order valence-electron chi connectivity index (χ4n) is 2.33. The number of hydrogen-bond donors (Lipinski definition) is 1. The third kappa shape index (κ3) is 5.50. The molecule has 0 saturated carbocycles. The van der Waals surface area contributed by atoms with Gasteiger partial charge in [-0.25, -0.2) is 0 Å². The van der Waals surface area contributed by atoms with E-state index in [9.17, 15) is 4.79 Å². The Hall–Kier alpha value is -0.610. The molecule has 1 amide bonds. The second-order valence-corrected chi connectivity index (χ2v) is 5.24. The predicted octanol–water partition coefficient (Wildman–Crippen LogP) is 0.786. The van der Waals surface area contributed by atoms with Crippen LogP contribution in [0.15, 0.2) is 0 Å². The van der Waals surface area contributed by atoms with Gasteiger partial charge >= 0.3 is 0 Å². The van der Waals surface area contributed by atoms with Crippen LogP contribution in [0.25, 0.3) is 0 Å². The average molecular weight is 241 g/mol. The molecule has 0 spiro atoms. The Bertz CT molecular complexity index is 225. The molecule has 1 N–H and O–H groups in total. The minimum absolute atomic E-state index is 0.210. The third-order valence-corrected chi connectivity index (χ3v) is 3.31. The van der Waals surface area contributed by atoms with Crippen LogP contribution < -0.4 is 5.32 Å². The van der Waals surface area contributed by atoms with Crippen LogP contribution in [0.5, 0.6) is 0 Å². The number of likely N-dealkylation sites (N-methyl/N-ethyl adjacent to an activating group) is 1. The van der Waals surface area contributed by atoms with Gasteiger partial charge < -0.3 is 10.2 Å². The Labute approximate surface area is 105 Å². The van der Waals surface area contributed by atoms with Crippen molar-refractivity contribution in [2.75, 3.05) is 46.8 Å². The lowest BCUT2D eigenvalue weighted by Gasteiger charge is -2.30. The minimum atomic E-state index is 0.210. The summed E-state index contributed by atoms with van der Waals surface area (Å²) in [7, 11) is 3.66. The van der Waals surface area contributed by atoms with Gasteiger partial charge in [0, 0.05) is 20.6 Å². The molecule has 1 atom stereocenters. The summed E-state index contributed by atoms with van der Waals surface area (Å²) in [5, 5.41) is 3.44. The first-order chi connectivity index (χ1) is 8.13. The van der Waals surface area contributed by atoms with E-state index in [1.165, 1.54) is 12.8 Å². The maximum Gasteiger partial charge on any atom is 0.236 e. The largest absolute Gasteiger partial charge is 0.348 e. The van der Waals surface area contributed by atoms with Crippen molar-refractivity contribution in [1.82, 2.24) is 15.1 Å². The fourth-order valence-corrected chi connectivity index (χ4v) is 2.33. The van der Waals surface area contributed by atoms with Crippen LogP contribution >= 0.6 is 0 Å². The molecule has 0 radical (unpaired) electrons. The molecular weight excluding hydrogens is 214 g/mol. The van der Waals surface area contributed by atoms with Gasteiger partial charge in [0.2, 0.25) is 5.91 Å². The summed E-state index contributed by atoms with van der Waals surface area (Å²) < 4.78 is 0. The molecule has 1 heterocycles. The van der Waals surface area contributed by atoms with Crippen LogP contribution in [0, 0.1) is 5.92 Å². The lowest BCUT2D eigenvalue weighted by molar-refractivity contribution is -0.130. The molecule has 0 aromatic rings. The predicted molar refractivity (Wildman–Crippen MR) is 71.0 cm³/mol. The first-order valence-corrected chi connectivity index (χ1v) is 6.76. The molecule has 4 heteroatoms. The first-order valence-electron chi connectivity index (χ1n) is 6.76. The van der Waals surface area contributed by atoms with E-state index in [1.807, 2.05) is 14.1 Å². The van der Waals surface area contributed by atoms with E-state index in [0.717, 1.165) is 32.6 Å². The van der Waals surface area contributed by atoms with Crippen LogP contribution in [0.1, 0.15) is 26.2 Å². The van der Waals surface area contributed by atoms with E-state index in [-0.39, 0.29) is 5.91 Å². The normalized spacial score (nSPS) is 20.6. The number of carbonyl (C=O) groups excluding carboxylic acids is 1. The number of carbonyl (C=O) groups is 1. The summed E-state index contributed by atoms with van der Waals surface area (Å²) in [6.45, 7) is 7.08. The van der Waals surface area contributed by atoms with Crippen molar-refractivity contribution >= 4 is 5.91 Å². The molecule has 0 aromatic carbocycles. The minimum Gasteiger partial charge on any atom is -0.348 e. The Morgan fingerprint density at radius 3 is 2.71 bits per heavy atom. The number of piperidine rings is 1. The van der Waals surface area contributed by atoms with Crippen LogP contribution in [0.2, 0.25) is 0 Å². The van der Waals surface area contributed by atoms with Crippen LogP contribution in [0.3, 0.4) is 0 Å². The maximum atomic E-state index is 11.7. The van der Waals surface area contributed by atoms with Crippen molar-refractivity contribution in [3.05, 3.63) is 0 Å². The van der Waals surface area contributed by atoms with Gasteiger partial charge in [0.25, 0.3) is 0 Å². The van der Waals surface area contributed by atoms with Gasteiger partial charge in [-0.1, -0.05) is 6.92 Å². The van der Waals surface area contributed by atoms with Crippen molar-refractivity contribution in [3.8, 4) is 0 Å². The molecule has 1 fully saturated rings. The Balaban J connectivity index is 2.38. The van der Waals surface area contributed by atoms with E-state index in [1.54, 1.807) is 4.90 Å². The molecule has 0 aromatic heterocycles. The van der Waals surface area contributed by atoms with Gasteiger partial charge in [-0.2, -0.15) is 0 Å². The van der Waals surface area contributed by atoms with Crippen LogP contribution in [-0.4, -0.2) is 62.5 Å². The highest BCUT2D eigenvalue weighted by atomic mass is 16.2. The van der Waals surface area contributed by atoms with Crippen molar-refractivity contribution in [2.24, 2.45) is 5.92 Å². The summed E-state index contributed by atoms with van der Waals surface area (Å²) in [6, 6.07) is 0. The number of amides is 1. The van der Waals surface area contributed by atoms with E-state index in [0.29, 0.717) is 12.5 Å². The van der Waals surface area contributed by atoms with Gasteiger partial charge in [-0.3, -0.25) is 9.69 Å². The summed E-state index contributed by atoms with van der Waals surface area (Å²) in [5.41, 5.74) is 0. The molecule has 1 aliphatic rings. The molecule has 1 rings (SSSR count). The van der Waals surface area contributed by atoms with Gasteiger partial charge in [0.15, 0.2) is 0 Å². The zero-order valence-corrected chi connectivity index (χ0v) is 11.5. The lowest BCUT2D eigenvalue weighted by Crippen LogP contribution is -2.42. The standard InChI is InChI=1S/C13H27N3O/c1-4-8-16(11-13(17)15(2)3)10-12-6-5-7-14-9-12/h12,14H,4-11H2,1-3H3. The Morgan fingerprint density at radius 1 is 1.41 bits per heavy atom. The average Bonchev–Trinajstić information content (AvgIpc) is 2.30. The topological polar surface area (TPSA) is 35.6 Å². The van der Waals surface area contributed by atoms with Gasteiger partial charge in [-0.05, 0) is 44.8 Å². The smallest absolute Gasteiger partial charge is 0.236 e. The number of nitrogens with zero attached hydrogens (tertiary/aromatic N) is 2. The molecule has 0 bridgehead atoms. The summed E-state index contributed by atoms with van der Waals surface area (Å²) in [5.74, 6) is 0.924. The second kappa shape index (κ2) is 7.67. The molecule has 1 saturated heterocycles. The molecule has 0 aliphatic carbocycles. The SMILES string of the molecule is CCCN(CC(=O)N(C)C)CC1CCCNC1. The van der Waals surface area contributed by atoms with Crippen molar-refractivity contribution in [3.63, 3.8) is 0 Å². The molecule has 1 unspecified atom stereocenters. The number of hydrogen-bond acceptors (Lipinski definition) is 3. The summed E-state index contributed by atoms with van der Waals surface area (Å²) >= 11 is 0. The van der Waals surface area contributed by atoms with Crippen LogP contribution in [0.4, 0.5) is 0 Å². The maximum absolute atomic E-state index is 11.7. The second-order valence-electron chi connectivity index (χ2n) is 5.24. The summed E-state index contributed by atoms with van der Waals surface area (Å²) in [6.07, 6.45) is 3.68. The summed E-state index contributed by atoms with van der Waals surface area (Å²) in [4.78, 5) is 15.7. The van der Waals surface area contributed by atoms with Crippen LogP contribution in [-0.2, 0) is 4.79 Å². The highest BCUT2D eigenvalue weighted by Crippen LogP contribution is 2.12. The Morgan fingerprint density at radius 2 is 2.18 bits per heavy atom. The number of rotatable bonds is 6. The molecule has 100 valence electrons. The van der Waals surface area contributed by atoms with Crippen molar-refractivity contribution in [1.29, 1.82) is 0 Å². The molecule has 1 aliphatic heterocycles. The highest BCUT2D eigenvalue weighted by molar-refractivity contribution is 5.77. The monoisotopic (exact) mass is 241 g/mol. The van der Waals surface area contributed by atoms with Gasteiger partial charge in [0.1, 0.15) is 0 Å². The van der Waals surface area contributed by atoms with E-state index >= 15 is 0 Å². The van der Waals surface area contributed by atoms with E-state index < -0.39 is 0 Å². The highest BCUT2D eigenvalue weighted by Gasteiger charge is 2.18. The first kappa shape index (κ1) is 14.5. The van der Waals surface area contributed by atoms with E-state index in [4.69, 9.17) is 0 Å². The van der Waals surface area contributed by atoms with Crippen molar-refractivity contribution < 1.29 is 4.79 Å². The van der Waals surface area contributed by atoms with Gasteiger partial charge in [-0.15, -0.1) is 0 Å². The van der Waals surface area contributed by atoms with Crippen molar-refractivity contribution in [2.45, 2.75) is 26.2 Å². The fraction of sp³-hybridized carbons (Fsp3) is 0.923. The quantitative estimate of drug-likeness (QED) is 0.747. The van der Waals surface area contributed by atoms with Gasteiger partial charge in [0.05, 0.1) is 6.54 Å². The zero-order chi connectivity index (χ0) is 12.7. The zero-order valence-electron chi connectivity index (χ0n) is 11.5. The Kier molecular flexibility index (Phi) is 6.52. The molecule has 17 heavy (non-hydrogen) atoms. The van der Waals surface area contributed by atoms with E-state index in [2.05, 4.69) is 17.1 Å².